The maximum Gasteiger partial charge on any atom is 0.256 e. The molecule has 1 aliphatic rings. The van der Waals surface area contributed by atoms with Crippen LogP contribution in [0.5, 0.6) is 0 Å². The van der Waals surface area contributed by atoms with Gasteiger partial charge in [-0.1, -0.05) is 37.4 Å². The Balaban J connectivity index is 2.26. The van der Waals surface area contributed by atoms with Crippen LogP contribution < -0.4 is 0 Å². The van der Waals surface area contributed by atoms with E-state index in [0.29, 0.717) is 23.6 Å². The van der Waals surface area contributed by atoms with Crippen LogP contribution in [0.25, 0.3) is 4.91 Å². The summed E-state index contributed by atoms with van der Waals surface area (Å²) in [4.78, 5) is 15.1. The molecule has 1 amide bonds. The molecule has 0 atom stereocenters. The number of rotatable bonds is 5. The molecule has 0 unspecified atom stereocenters. The number of hydrogen-bond acceptors (Lipinski definition) is 3. The molecule has 1 aliphatic heterocycles. The van der Waals surface area contributed by atoms with E-state index in [4.69, 9.17) is 5.26 Å². The Kier molecular flexibility index (Phi) is 6.00. The van der Waals surface area contributed by atoms with E-state index in [1.165, 1.54) is 23.9 Å². The van der Waals surface area contributed by atoms with Crippen LogP contribution in [0.3, 0.4) is 0 Å². The van der Waals surface area contributed by atoms with Gasteiger partial charge >= 0.3 is 0 Å². The highest BCUT2D eigenvalue weighted by molar-refractivity contribution is 8.12. The molecule has 1 saturated heterocycles. The minimum Gasteiger partial charge on any atom is -0.339 e. The summed E-state index contributed by atoms with van der Waals surface area (Å²) in [6, 6.07) is 6.60. The second-order valence-electron chi connectivity index (χ2n) is 5.31. The molecule has 1 aromatic carbocycles. The zero-order chi connectivity index (χ0) is 16.8. The fourth-order valence-electron chi connectivity index (χ4n) is 2.49. The number of hydrogen-bond donors (Lipinski definition) is 0. The summed E-state index contributed by atoms with van der Waals surface area (Å²) in [5.41, 5.74) is 0.763. The average molecular weight is 330 g/mol. The van der Waals surface area contributed by atoms with Crippen LogP contribution in [0.2, 0.25) is 0 Å². The number of carbonyl (C=O) groups excluding carboxylic acids is 1. The SMILES string of the molecule is C=C(C#N)S/C(=C\CC)c1ccc(C(=O)N2CCCC2)c(F)c1. The quantitative estimate of drug-likeness (QED) is 0.742. The number of nitrogens with zero attached hydrogens (tertiary/aromatic N) is 2. The lowest BCUT2D eigenvalue weighted by molar-refractivity contribution is 0.0788. The molecule has 120 valence electrons. The summed E-state index contributed by atoms with van der Waals surface area (Å²) in [5.74, 6) is -0.772. The third-order valence-electron chi connectivity index (χ3n) is 3.62. The van der Waals surface area contributed by atoms with Gasteiger partial charge in [-0.15, -0.1) is 0 Å². The first-order valence-corrected chi connectivity index (χ1v) is 8.44. The molecule has 5 heteroatoms. The van der Waals surface area contributed by atoms with Crippen molar-refractivity contribution in [3.63, 3.8) is 0 Å². The molecular formula is C18H19FN2OS. The fourth-order valence-corrected chi connectivity index (χ4v) is 3.30. The van der Waals surface area contributed by atoms with Gasteiger partial charge in [-0.3, -0.25) is 4.79 Å². The van der Waals surface area contributed by atoms with Crippen LogP contribution in [0.4, 0.5) is 4.39 Å². The lowest BCUT2D eigenvalue weighted by Gasteiger charge is -2.16. The molecular weight excluding hydrogens is 311 g/mol. The second kappa shape index (κ2) is 7.98. The summed E-state index contributed by atoms with van der Waals surface area (Å²) in [6.07, 6.45) is 4.63. The van der Waals surface area contributed by atoms with Crippen molar-refractivity contribution in [3.05, 3.63) is 52.7 Å². The van der Waals surface area contributed by atoms with Crippen LogP contribution in [0.1, 0.15) is 42.1 Å². The Morgan fingerprint density at radius 3 is 2.74 bits per heavy atom. The Morgan fingerprint density at radius 2 is 2.17 bits per heavy atom. The van der Waals surface area contributed by atoms with Crippen molar-refractivity contribution >= 4 is 22.6 Å². The van der Waals surface area contributed by atoms with Gasteiger partial charge in [-0.25, -0.2) is 4.39 Å². The lowest BCUT2D eigenvalue weighted by Crippen LogP contribution is -2.28. The summed E-state index contributed by atoms with van der Waals surface area (Å²) >= 11 is 1.21. The predicted octanol–water partition coefficient (Wildman–Crippen LogP) is 4.58. The molecule has 0 spiro atoms. The fraction of sp³-hybridized carbons (Fsp3) is 0.333. The van der Waals surface area contributed by atoms with E-state index in [2.05, 4.69) is 6.58 Å². The maximum absolute atomic E-state index is 14.4. The van der Waals surface area contributed by atoms with Gasteiger partial charge in [-0.05, 0) is 37.0 Å². The van der Waals surface area contributed by atoms with E-state index < -0.39 is 5.82 Å². The average Bonchev–Trinajstić information content (AvgIpc) is 3.08. The minimum absolute atomic E-state index is 0.107. The van der Waals surface area contributed by atoms with Crippen molar-refractivity contribution in [2.75, 3.05) is 13.1 Å². The topological polar surface area (TPSA) is 44.1 Å². The molecule has 0 radical (unpaired) electrons. The Morgan fingerprint density at radius 1 is 1.48 bits per heavy atom. The van der Waals surface area contributed by atoms with Crippen molar-refractivity contribution in [1.82, 2.24) is 4.90 Å². The number of halogens is 1. The van der Waals surface area contributed by atoms with Crippen LogP contribution in [-0.4, -0.2) is 23.9 Å². The minimum atomic E-state index is -0.524. The molecule has 1 aromatic rings. The van der Waals surface area contributed by atoms with Crippen LogP contribution in [-0.2, 0) is 0 Å². The number of allylic oxidation sites excluding steroid dienone is 2. The number of likely N-dealkylation sites (tertiary alicyclic amines) is 1. The highest BCUT2D eigenvalue weighted by Crippen LogP contribution is 2.33. The van der Waals surface area contributed by atoms with Crippen molar-refractivity contribution in [2.24, 2.45) is 0 Å². The second-order valence-corrected chi connectivity index (χ2v) is 6.44. The number of carbonyl (C=O) groups is 1. The van der Waals surface area contributed by atoms with E-state index in [-0.39, 0.29) is 11.5 Å². The summed E-state index contributed by atoms with van der Waals surface area (Å²) in [7, 11) is 0. The highest BCUT2D eigenvalue weighted by Gasteiger charge is 2.22. The summed E-state index contributed by atoms with van der Waals surface area (Å²) in [6.45, 7) is 7.00. The molecule has 0 saturated carbocycles. The Bertz CT molecular complexity index is 685. The maximum atomic E-state index is 14.4. The number of nitriles is 1. The zero-order valence-corrected chi connectivity index (χ0v) is 14.0. The smallest absolute Gasteiger partial charge is 0.256 e. The molecule has 0 aromatic heterocycles. The van der Waals surface area contributed by atoms with Crippen LogP contribution in [0.15, 0.2) is 35.8 Å². The first-order valence-electron chi connectivity index (χ1n) is 7.63. The monoisotopic (exact) mass is 330 g/mol. The van der Waals surface area contributed by atoms with Crippen molar-refractivity contribution in [3.8, 4) is 6.07 Å². The van der Waals surface area contributed by atoms with E-state index in [0.717, 1.165) is 24.2 Å². The van der Waals surface area contributed by atoms with Gasteiger partial charge in [0.25, 0.3) is 5.91 Å². The number of amides is 1. The summed E-state index contributed by atoms with van der Waals surface area (Å²) < 4.78 is 14.4. The third-order valence-corrected chi connectivity index (χ3v) is 4.58. The van der Waals surface area contributed by atoms with Gasteiger partial charge < -0.3 is 4.90 Å². The first kappa shape index (κ1) is 17.3. The molecule has 0 N–H and O–H groups in total. The lowest BCUT2D eigenvalue weighted by atomic mass is 10.1. The normalized spacial score (nSPS) is 14.7. The van der Waals surface area contributed by atoms with E-state index >= 15 is 0 Å². The van der Waals surface area contributed by atoms with Crippen LogP contribution >= 0.6 is 11.8 Å². The zero-order valence-electron chi connectivity index (χ0n) is 13.1. The summed E-state index contributed by atoms with van der Waals surface area (Å²) in [5, 5.41) is 8.87. The van der Waals surface area contributed by atoms with Crippen molar-refractivity contribution in [2.45, 2.75) is 26.2 Å². The van der Waals surface area contributed by atoms with E-state index in [9.17, 15) is 9.18 Å². The Hall–Kier alpha value is -2.06. The van der Waals surface area contributed by atoms with Crippen molar-refractivity contribution in [1.29, 1.82) is 5.26 Å². The molecule has 1 fully saturated rings. The molecule has 0 bridgehead atoms. The highest BCUT2D eigenvalue weighted by atomic mass is 32.2. The van der Waals surface area contributed by atoms with Crippen LogP contribution in [0, 0.1) is 17.1 Å². The van der Waals surface area contributed by atoms with Gasteiger partial charge in [0.2, 0.25) is 0 Å². The molecule has 0 aliphatic carbocycles. The van der Waals surface area contributed by atoms with Crippen molar-refractivity contribution < 1.29 is 9.18 Å². The molecule has 3 nitrogen and oxygen atoms in total. The molecule has 1 heterocycles. The number of benzene rings is 1. The van der Waals surface area contributed by atoms with Gasteiger partial charge in [0.15, 0.2) is 0 Å². The first-order chi connectivity index (χ1) is 11.1. The van der Waals surface area contributed by atoms with E-state index in [1.807, 2.05) is 19.1 Å². The van der Waals surface area contributed by atoms with Gasteiger partial charge in [0, 0.05) is 18.0 Å². The molecule has 23 heavy (non-hydrogen) atoms. The van der Waals surface area contributed by atoms with Gasteiger partial charge in [0.05, 0.1) is 10.5 Å². The molecule has 2 rings (SSSR count). The van der Waals surface area contributed by atoms with E-state index in [1.54, 1.807) is 11.0 Å². The number of thioether (sulfide) groups is 1. The van der Waals surface area contributed by atoms with Gasteiger partial charge in [0.1, 0.15) is 11.9 Å². The third kappa shape index (κ3) is 4.23. The Labute approximate surface area is 140 Å². The van der Waals surface area contributed by atoms with Gasteiger partial charge in [-0.2, -0.15) is 5.26 Å². The largest absolute Gasteiger partial charge is 0.339 e. The predicted molar refractivity (Wildman–Crippen MR) is 92.1 cm³/mol. The standard InChI is InChI=1S/C18H19FN2OS/c1-3-6-17(23-13(2)12-20)14-7-8-15(16(19)11-14)18(22)21-9-4-5-10-21/h6-8,11H,2-5,9-10H2,1H3/b17-6-.